The zero-order valence-corrected chi connectivity index (χ0v) is 12.8. The largest absolute Gasteiger partial charge is 0.464 e. The van der Waals surface area contributed by atoms with Gasteiger partial charge in [-0.15, -0.1) is 10.2 Å². The van der Waals surface area contributed by atoms with E-state index in [1.807, 2.05) is 0 Å². The van der Waals surface area contributed by atoms with Gasteiger partial charge in [-0.3, -0.25) is 0 Å². The fourth-order valence-corrected chi connectivity index (χ4v) is 2.57. The molecule has 0 aliphatic carbocycles. The molecule has 6 heteroatoms. The third-order valence-corrected chi connectivity index (χ3v) is 3.71. The van der Waals surface area contributed by atoms with E-state index in [4.69, 9.17) is 0 Å². The molecular weight excluding hydrogens is 268 g/mol. The van der Waals surface area contributed by atoms with E-state index in [-0.39, 0.29) is 5.69 Å². The lowest BCUT2D eigenvalue weighted by Crippen LogP contribution is -2.35. The summed E-state index contributed by atoms with van der Waals surface area (Å²) in [4.78, 5) is 13.8. The van der Waals surface area contributed by atoms with Crippen molar-refractivity contribution in [2.45, 2.75) is 26.2 Å². The van der Waals surface area contributed by atoms with Gasteiger partial charge >= 0.3 is 5.97 Å². The summed E-state index contributed by atoms with van der Waals surface area (Å²) in [5.74, 6) is 0.769. The number of anilines is 1. The van der Waals surface area contributed by atoms with Crippen molar-refractivity contribution in [1.29, 1.82) is 0 Å². The van der Waals surface area contributed by atoms with Crippen molar-refractivity contribution in [1.82, 2.24) is 15.1 Å². The lowest BCUT2D eigenvalue weighted by atomic mass is 10.1. The highest BCUT2D eigenvalue weighted by Crippen LogP contribution is 2.11. The van der Waals surface area contributed by atoms with Gasteiger partial charge in [-0.05, 0) is 44.0 Å². The monoisotopic (exact) mass is 292 g/mol. The van der Waals surface area contributed by atoms with Crippen LogP contribution in [0.1, 0.15) is 36.7 Å². The van der Waals surface area contributed by atoms with E-state index in [1.54, 1.807) is 12.1 Å². The number of hydrogen-bond donors (Lipinski definition) is 1. The van der Waals surface area contributed by atoms with Gasteiger partial charge in [-0.1, -0.05) is 13.3 Å². The van der Waals surface area contributed by atoms with Gasteiger partial charge in [-0.2, -0.15) is 0 Å². The Morgan fingerprint density at radius 1 is 1.33 bits per heavy atom. The van der Waals surface area contributed by atoms with Crippen molar-refractivity contribution in [3.8, 4) is 0 Å². The number of carbonyl (C=O) groups is 1. The average Bonchev–Trinajstić information content (AvgIpc) is 2.53. The van der Waals surface area contributed by atoms with Crippen LogP contribution in [0, 0.1) is 5.92 Å². The molecule has 1 aromatic rings. The van der Waals surface area contributed by atoms with Crippen LogP contribution in [0.2, 0.25) is 0 Å². The van der Waals surface area contributed by atoms with Crippen molar-refractivity contribution < 1.29 is 9.53 Å². The minimum Gasteiger partial charge on any atom is -0.464 e. The molecule has 1 aromatic heterocycles. The number of methoxy groups -OCH3 is 1. The number of carbonyl (C=O) groups excluding carboxylic acids is 1. The van der Waals surface area contributed by atoms with Gasteiger partial charge in [0.15, 0.2) is 5.69 Å². The molecule has 0 spiro atoms. The third-order valence-electron chi connectivity index (χ3n) is 3.71. The molecule has 21 heavy (non-hydrogen) atoms. The van der Waals surface area contributed by atoms with E-state index >= 15 is 0 Å². The van der Waals surface area contributed by atoms with E-state index in [0.29, 0.717) is 11.7 Å². The smallest absolute Gasteiger partial charge is 0.358 e. The Balaban J connectivity index is 1.75. The van der Waals surface area contributed by atoms with Gasteiger partial charge in [0.1, 0.15) is 5.82 Å². The van der Waals surface area contributed by atoms with Crippen molar-refractivity contribution in [2.24, 2.45) is 5.92 Å². The van der Waals surface area contributed by atoms with Gasteiger partial charge in [0.2, 0.25) is 0 Å². The number of nitrogens with one attached hydrogen (secondary N) is 1. The number of hydrogen-bond acceptors (Lipinski definition) is 6. The number of likely N-dealkylation sites (tertiary alicyclic amines) is 1. The number of ether oxygens (including phenoxy) is 1. The first-order chi connectivity index (χ1) is 10.2. The van der Waals surface area contributed by atoms with E-state index in [9.17, 15) is 4.79 Å². The summed E-state index contributed by atoms with van der Waals surface area (Å²) < 4.78 is 4.59. The van der Waals surface area contributed by atoms with E-state index < -0.39 is 5.97 Å². The summed E-state index contributed by atoms with van der Waals surface area (Å²) in [5.41, 5.74) is 0.226. The van der Waals surface area contributed by atoms with Gasteiger partial charge in [0, 0.05) is 13.1 Å². The number of piperidine rings is 1. The number of rotatable bonds is 6. The molecule has 1 unspecified atom stereocenters. The van der Waals surface area contributed by atoms with Crippen LogP contribution in [0.25, 0.3) is 0 Å². The Bertz CT molecular complexity index is 443. The minimum atomic E-state index is -0.465. The first-order valence-electron chi connectivity index (χ1n) is 7.57. The highest BCUT2D eigenvalue weighted by atomic mass is 16.5. The number of esters is 1. The van der Waals surface area contributed by atoms with Crippen molar-refractivity contribution in [3.05, 3.63) is 17.8 Å². The van der Waals surface area contributed by atoms with Crippen LogP contribution in [-0.2, 0) is 4.74 Å². The average molecular weight is 292 g/mol. The Kier molecular flexibility index (Phi) is 5.92. The van der Waals surface area contributed by atoms with Gasteiger partial charge in [0.25, 0.3) is 0 Å². The van der Waals surface area contributed by atoms with Crippen molar-refractivity contribution >= 4 is 11.8 Å². The van der Waals surface area contributed by atoms with E-state index in [0.717, 1.165) is 13.1 Å². The number of nitrogens with zero attached hydrogens (tertiary/aromatic N) is 3. The standard InChI is InChI=1S/C15H24N4O2/c1-12(11-19-8-4-3-5-9-19)10-16-14-7-6-13(17-18-14)15(20)21-2/h6-7,12H,3-5,8-11H2,1-2H3,(H,16,18). The molecule has 0 radical (unpaired) electrons. The Labute approximate surface area is 125 Å². The second kappa shape index (κ2) is 7.93. The quantitative estimate of drug-likeness (QED) is 0.806. The molecule has 0 saturated carbocycles. The summed E-state index contributed by atoms with van der Waals surface area (Å²) in [7, 11) is 1.33. The Morgan fingerprint density at radius 2 is 2.10 bits per heavy atom. The molecule has 0 bridgehead atoms. The molecular formula is C15H24N4O2. The Hall–Kier alpha value is -1.69. The minimum absolute atomic E-state index is 0.226. The summed E-state index contributed by atoms with van der Waals surface area (Å²) >= 11 is 0. The Morgan fingerprint density at radius 3 is 2.71 bits per heavy atom. The van der Waals surface area contributed by atoms with Crippen LogP contribution >= 0.6 is 0 Å². The molecule has 1 aliphatic heterocycles. The predicted octanol–water partition coefficient (Wildman–Crippen LogP) is 1.80. The summed E-state index contributed by atoms with van der Waals surface area (Å²) in [6.45, 7) is 6.64. The summed E-state index contributed by atoms with van der Waals surface area (Å²) in [5, 5.41) is 11.1. The molecule has 1 N–H and O–H groups in total. The third kappa shape index (κ3) is 4.97. The van der Waals surface area contributed by atoms with E-state index in [2.05, 4.69) is 32.1 Å². The fourth-order valence-electron chi connectivity index (χ4n) is 2.57. The maximum absolute atomic E-state index is 11.3. The first kappa shape index (κ1) is 15.7. The SMILES string of the molecule is COC(=O)c1ccc(NCC(C)CN2CCCCC2)nn1. The second-order valence-electron chi connectivity index (χ2n) is 5.64. The van der Waals surface area contributed by atoms with Crippen LogP contribution in [-0.4, -0.2) is 54.4 Å². The highest BCUT2D eigenvalue weighted by molar-refractivity contribution is 5.86. The lowest BCUT2D eigenvalue weighted by Gasteiger charge is -2.29. The fraction of sp³-hybridized carbons (Fsp3) is 0.667. The normalized spacial score (nSPS) is 17.2. The molecule has 0 amide bonds. The molecule has 116 valence electrons. The second-order valence-corrected chi connectivity index (χ2v) is 5.64. The molecule has 1 saturated heterocycles. The van der Waals surface area contributed by atoms with Crippen LogP contribution in [0.3, 0.4) is 0 Å². The summed E-state index contributed by atoms with van der Waals surface area (Å²) in [6.07, 6.45) is 4.01. The highest BCUT2D eigenvalue weighted by Gasteiger charge is 2.13. The summed E-state index contributed by atoms with van der Waals surface area (Å²) in [6, 6.07) is 3.38. The molecule has 0 aromatic carbocycles. The van der Waals surface area contributed by atoms with Crippen molar-refractivity contribution in [3.63, 3.8) is 0 Å². The topological polar surface area (TPSA) is 67.3 Å². The van der Waals surface area contributed by atoms with Gasteiger partial charge < -0.3 is 15.0 Å². The van der Waals surface area contributed by atoms with E-state index in [1.165, 1.54) is 39.5 Å². The zero-order valence-electron chi connectivity index (χ0n) is 12.8. The molecule has 2 heterocycles. The number of aromatic nitrogens is 2. The molecule has 1 fully saturated rings. The maximum atomic E-state index is 11.3. The molecule has 1 atom stereocenters. The first-order valence-corrected chi connectivity index (χ1v) is 7.57. The van der Waals surface area contributed by atoms with Crippen LogP contribution in [0.15, 0.2) is 12.1 Å². The maximum Gasteiger partial charge on any atom is 0.358 e. The lowest BCUT2D eigenvalue weighted by molar-refractivity contribution is 0.0593. The molecule has 1 aliphatic rings. The molecule has 2 rings (SSSR count). The molecule has 6 nitrogen and oxygen atoms in total. The van der Waals surface area contributed by atoms with Crippen molar-refractivity contribution in [2.75, 3.05) is 38.6 Å². The van der Waals surface area contributed by atoms with Gasteiger partial charge in [-0.25, -0.2) is 4.79 Å². The van der Waals surface area contributed by atoms with Crippen LogP contribution in [0.4, 0.5) is 5.82 Å². The zero-order chi connectivity index (χ0) is 15.1. The van der Waals surface area contributed by atoms with Gasteiger partial charge in [0.05, 0.1) is 7.11 Å². The predicted molar refractivity (Wildman–Crippen MR) is 81.3 cm³/mol. The van der Waals surface area contributed by atoms with Crippen LogP contribution < -0.4 is 5.32 Å². The van der Waals surface area contributed by atoms with Crippen LogP contribution in [0.5, 0.6) is 0 Å².